The maximum absolute atomic E-state index is 14.9. The number of carboxylic acid groups (broad SMARTS) is 3. The van der Waals surface area contributed by atoms with Crippen molar-refractivity contribution in [1.82, 2.24) is 73.8 Å². The molecule has 0 spiro atoms. The van der Waals surface area contributed by atoms with Gasteiger partial charge in [-0.1, -0.05) is 99.5 Å². The summed E-state index contributed by atoms with van der Waals surface area (Å²) < 4.78 is 0. The van der Waals surface area contributed by atoms with E-state index >= 15 is 0 Å². The van der Waals surface area contributed by atoms with Gasteiger partial charge in [0.1, 0.15) is 48.3 Å². The van der Waals surface area contributed by atoms with Crippen LogP contribution in [0.1, 0.15) is 131 Å². The van der Waals surface area contributed by atoms with Gasteiger partial charge in [0.25, 0.3) is 0 Å². The largest absolute Gasteiger partial charge is 0.481 e. The number of nitrogens with two attached hydrogens (primary N) is 2. The van der Waals surface area contributed by atoms with Gasteiger partial charge >= 0.3 is 17.9 Å². The SMILES string of the molecule is CC(C)C[C@@H]1NC(=O)C[C@H](CCC(=O)O)NC(=O)CNC(=O)[C@H](CC(C)C)NC(=O)[C@H](CCCCN)NC(=O)[C@H](Cc2c[nH]c3ccccc23)NC(=O)[C@H](C)NC(=O)[C@@H](NC(=O)[C@@H](N)CC(=O)O)CSSC[C@@H](C(=O)N[C@H](C(=O)O)[C@@H](C)O)NC(=O)[C@H](Cc2c[nH]c3ccccc23)NC(=O)C[C@H](C(C)C)NC1=O. The molecule has 0 aliphatic carbocycles. The number of hydrogen-bond donors (Lipinski definition) is 20. The topological polar surface area (TPSA) is 565 Å². The van der Waals surface area contributed by atoms with Crippen LogP contribution in [0.3, 0.4) is 0 Å². The van der Waals surface area contributed by atoms with Crippen LogP contribution in [0, 0.1) is 17.8 Å². The number of hydrogen-bond acceptors (Lipinski definition) is 20. The van der Waals surface area contributed by atoms with Gasteiger partial charge in [0.15, 0.2) is 6.04 Å². The van der Waals surface area contributed by atoms with Crippen molar-refractivity contribution < 1.29 is 92.3 Å². The summed E-state index contributed by atoms with van der Waals surface area (Å²) in [7, 11) is 1.59. The number of aromatic amines is 2. The molecular formula is C71H104N16O19S2. The number of H-pyrrole nitrogens is 2. The Bertz CT molecular complexity index is 3810. The average Bonchev–Trinajstić information content (AvgIpc) is 1.68. The summed E-state index contributed by atoms with van der Waals surface area (Å²) in [4.78, 5) is 214. The first-order valence-corrected chi connectivity index (χ1v) is 38.3. The van der Waals surface area contributed by atoms with Crippen LogP contribution in [-0.2, 0) is 84.8 Å². The smallest absolute Gasteiger partial charge is 0.328 e. The minimum atomic E-state index is -1.93. The zero-order valence-corrected chi connectivity index (χ0v) is 63.3. The van der Waals surface area contributed by atoms with Crippen molar-refractivity contribution in [3.8, 4) is 0 Å². The number of fused-ring (bicyclic) bond motifs is 2. The number of aliphatic carboxylic acids is 3. The molecule has 108 heavy (non-hydrogen) atoms. The molecule has 2 aromatic carbocycles. The van der Waals surface area contributed by atoms with Gasteiger partial charge in [0.05, 0.1) is 25.1 Å². The first-order chi connectivity index (χ1) is 51.0. The van der Waals surface area contributed by atoms with Crippen LogP contribution >= 0.6 is 21.6 Å². The lowest BCUT2D eigenvalue weighted by molar-refractivity contribution is -0.145. The number of carbonyl (C=O) groups excluding carboxylic acids is 12. The fourth-order valence-corrected chi connectivity index (χ4v) is 14.0. The van der Waals surface area contributed by atoms with E-state index in [4.69, 9.17) is 11.5 Å². The molecule has 2 aromatic heterocycles. The predicted octanol–water partition coefficient (Wildman–Crippen LogP) is -0.912. The van der Waals surface area contributed by atoms with E-state index in [1.54, 1.807) is 102 Å². The summed E-state index contributed by atoms with van der Waals surface area (Å²) >= 11 is 0. The zero-order chi connectivity index (χ0) is 80.1. The number of aliphatic hydroxyl groups excluding tert-OH is 1. The standard InChI is InChI=1S/C71H104N16O19S2/c1-35(2)23-50-64(98)76-32-58(91)78-42(20-21-59(92)93)27-56(89)79-51(24-36(3)4)66(100)82-49(37(5)6)29-57(90)80-52(25-40-30-74-46-17-11-9-15-43(40)46)67(101)86-55(70(104)87-61(39(8)88)71(105)106)34-108-107-33-54(85-63(97)45(73)28-60(94)95)69(103)77-38(7)62(96)83-53(26-41-31-75-47-18-12-10-16-44(41)47)68(102)81-48(65(99)84-50)19-13-14-22-72/h9-12,15-18,30-31,35-39,42,45,48-55,61,74-75,88H,13-14,19-29,32-34,72-73H2,1-8H3,(H,76,98)(H,77,103)(H,78,91)(H,79,89)(H,80,90)(H,81,102)(H,82,100)(H,83,96)(H,84,99)(H,85,97)(H,86,101)(H,87,104)(H,92,93)(H,94,95)(H,105,106)/t38-,39+,42-,45-,48-,49+,50-,51-,52-,53-,54-,55-,61-/m0/s1. The molecule has 0 saturated carbocycles. The number of aliphatic hydroxyl groups is 1. The summed E-state index contributed by atoms with van der Waals surface area (Å²) in [5.74, 6) is -17.4. The van der Waals surface area contributed by atoms with Crippen molar-refractivity contribution in [2.45, 2.75) is 211 Å². The highest BCUT2D eigenvalue weighted by molar-refractivity contribution is 8.76. The molecule has 594 valence electrons. The molecule has 4 aromatic rings. The van der Waals surface area contributed by atoms with Crippen molar-refractivity contribution in [2.75, 3.05) is 24.6 Å². The van der Waals surface area contributed by atoms with E-state index in [1.165, 1.54) is 6.92 Å². The molecule has 1 aliphatic rings. The van der Waals surface area contributed by atoms with Gasteiger partial charge in [-0.25, -0.2) is 4.79 Å². The third kappa shape index (κ3) is 29.4. The molecule has 1 saturated heterocycles. The first kappa shape index (κ1) is 88.8. The molecule has 5 rings (SSSR count). The molecule has 1 aliphatic heterocycles. The Morgan fingerprint density at radius 2 is 1.08 bits per heavy atom. The van der Waals surface area contributed by atoms with Crippen LogP contribution in [0.25, 0.3) is 21.8 Å². The van der Waals surface area contributed by atoms with Gasteiger partial charge < -0.3 is 106 Å². The summed E-state index contributed by atoms with van der Waals surface area (Å²) in [5, 5.41) is 72.1. The molecule has 0 unspecified atom stereocenters. The second kappa shape index (κ2) is 43.8. The van der Waals surface area contributed by atoms with Gasteiger partial charge in [0, 0.05) is 89.9 Å². The van der Waals surface area contributed by atoms with Crippen molar-refractivity contribution >= 4 is 132 Å². The molecule has 35 nitrogen and oxygen atoms in total. The molecule has 0 radical (unpaired) electrons. The predicted molar refractivity (Wildman–Crippen MR) is 401 cm³/mol. The maximum atomic E-state index is 14.9. The number of amides is 12. The van der Waals surface area contributed by atoms with Crippen LogP contribution < -0.4 is 75.3 Å². The molecule has 37 heteroatoms. The molecule has 12 amide bonds. The lowest BCUT2D eigenvalue weighted by atomic mass is 9.97. The number of nitrogens with one attached hydrogen (secondary N) is 14. The number of benzene rings is 2. The number of carboxylic acids is 3. The molecule has 3 heterocycles. The summed E-state index contributed by atoms with van der Waals surface area (Å²) in [5.41, 5.74) is 14.1. The quantitative estimate of drug-likeness (QED) is 0.0298. The zero-order valence-electron chi connectivity index (χ0n) is 61.7. The Hall–Kier alpha value is -9.85. The Kier molecular flexibility index (Phi) is 36.0. The van der Waals surface area contributed by atoms with Crippen LogP contribution in [0.2, 0.25) is 0 Å². The Morgan fingerprint density at radius 3 is 1.64 bits per heavy atom. The van der Waals surface area contributed by atoms with Gasteiger partial charge in [-0.15, -0.1) is 0 Å². The van der Waals surface area contributed by atoms with Gasteiger partial charge in [-0.3, -0.25) is 67.1 Å². The Labute approximate surface area is 632 Å². The van der Waals surface area contributed by atoms with E-state index in [0.717, 1.165) is 28.5 Å². The highest BCUT2D eigenvalue weighted by Crippen LogP contribution is 2.26. The highest BCUT2D eigenvalue weighted by Gasteiger charge is 2.37. The minimum Gasteiger partial charge on any atom is -0.481 e. The lowest BCUT2D eigenvalue weighted by Gasteiger charge is -2.28. The van der Waals surface area contributed by atoms with Crippen LogP contribution in [0.5, 0.6) is 0 Å². The monoisotopic (exact) mass is 1550 g/mol. The Morgan fingerprint density at radius 1 is 0.565 bits per heavy atom. The summed E-state index contributed by atoms with van der Waals surface area (Å²) in [6, 6.07) is -3.78. The second-order valence-corrected chi connectivity index (χ2v) is 30.5. The van der Waals surface area contributed by atoms with Crippen molar-refractivity contribution in [2.24, 2.45) is 29.2 Å². The maximum Gasteiger partial charge on any atom is 0.328 e. The highest BCUT2D eigenvalue weighted by atomic mass is 33.1. The number of aromatic nitrogens is 2. The van der Waals surface area contributed by atoms with Gasteiger partial charge in [0.2, 0.25) is 70.9 Å². The van der Waals surface area contributed by atoms with Crippen LogP contribution in [0.15, 0.2) is 60.9 Å². The third-order valence-corrected chi connectivity index (χ3v) is 20.0. The summed E-state index contributed by atoms with van der Waals surface area (Å²) in [6.07, 6.45) is -0.998. The molecule has 1 fully saturated rings. The molecule has 22 N–H and O–H groups in total. The van der Waals surface area contributed by atoms with E-state index in [1.807, 2.05) is 0 Å². The van der Waals surface area contributed by atoms with Crippen molar-refractivity contribution in [3.63, 3.8) is 0 Å². The molecule has 13 atom stereocenters. The Balaban J connectivity index is 1.61. The second-order valence-electron chi connectivity index (χ2n) is 28.0. The molecule has 0 bridgehead atoms. The third-order valence-electron chi connectivity index (χ3n) is 17.6. The van der Waals surface area contributed by atoms with Gasteiger partial charge in [-0.05, 0) is 99.9 Å². The van der Waals surface area contributed by atoms with E-state index < -0.39 is 217 Å². The fourth-order valence-electron chi connectivity index (χ4n) is 11.7. The normalized spacial score (nSPS) is 23.4. The fraction of sp³-hybridized carbons (Fsp3) is 0.563. The van der Waals surface area contributed by atoms with E-state index in [2.05, 4.69) is 73.8 Å². The molecular weight excluding hydrogens is 1450 g/mol. The van der Waals surface area contributed by atoms with E-state index in [-0.39, 0.29) is 63.3 Å². The number of rotatable bonds is 24. The summed E-state index contributed by atoms with van der Waals surface area (Å²) in [6.45, 7) is 12.3. The van der Waals surface area contributed by atoms with Gasteiger partial charge in [-0.2, -0.15) is 0 Å². The van der Waals surface area contributed by atoms with Crippen molar-refractivity contribution in [1.29, 1.82) is 0 Å². The van der Waals surface area contributed by atoms with Crippen LogP contribution in [-0.4, -0.2) is 222 Å². The average molecular weight is 1550 g/mol. The number of unbranched alkanes of at least 4 members (excludes halogenated alkanes) is 1. The number of para-hydroxylation sites is 2. The first-order valence-electron chi connectivity index (χ1n) is 35.8. The van der Waals surface area contributed by atoms with Crippen molar-refractivity contribution in [3.05, 3.63) is 72.1 Å². The minimum absolute atomic E-state index is 0.00704. The van der Waals surface area contributed by atoms with E-state index in [0.29, 0.717) is 39.4 Å². The number of carbonyl (C=O) groups is 15. The lowest BCUT2D eigenvalue weighted by Crippen LogP contribution is -2.60. The van der Waals surface area contributed by atoms with Crippen LogP contribution in [0.4, 0.5) is 0 Å². The van der Waals surface area contributed by atoms with E-state index in [9.17, 15) is 92.3 Å².